The van der Waals surface area contributed by atoms with Gasteiger partial charge in [-0.25, -0.2) is 0 Å². The minimum absolute atomic E-state index is 0.0986. The second-order valence-corrected chi connectivity index (χ2v) is 3.31. The molecule has 0 aliphatic rings. The van der Waals surface area contributed by atoms with E-state index in [1.165, 1.54) is 0 Å². The molecular formula is C10H22N2O2. The molecule has 0 bridgehead atoms. The van der Waals surface area contributed by atoms with Gasteiger partial charge in [-0.05, 0) is 6.42 Å². The Kier molecular flexibility index (Phi) is 8.87. The summed E-state index contributed by atoms with van der Waals surface area (Å²) in [5, 5.41) is 8.81. The van der Waals surface area contributed by atoms with E-state index in [1.54, 1.807) is 7.11 Å². The average molecular weight is 202 g/mol. The Morgan fingerprint density at radius 2 is 2.36 bits per heavy atom. The molecule has 0 heterocycles. The van der Waals surface area contributed by atoms with Crippen molar-refractivity contribution in [2.45, 2.75) is 12.5 Å². The van der Waals surface area contributed by atoms with Crippen molar-refractivity contribution in [2.24, 2.45) is 5.73 Å². The first-order chi connectivity index (χ1) is 6.74. The van der Waals surface area contributed by atoms with E-state index in [0.29, 0.717) is 13.2 Å². The van der Waals surface area contributed by atoms with E-state index < -0.39 is 0 Å². The van der Waals surface area contributed by atoms with Gasteiger partial charge in [-0.2, -0.15) is 0 Å². The van der Waals surface area contributed by atoms with Crippen LogP contribution in [-0.2, 0) is 4.74 Å². The van der Waals surface area contributed by atoms with Crippen LogP contribution in [0, 0.1) is 0 Å². The van der Waals surface area contributed by atoms with E-state index in [1.807, 2.05) is 6.08 Å². The van der Waals surface area contributed by atoms with Crippen LogP contribution in [0.25, 0.3) is 0 Å². The van der Waals surface area contributed by atoms with Crippen LogP contribution >= 0.6 is 0 Å². The number of nitrogens with two attached hydrogens (primary N) is 1. The molecule has 1 atom stereocenters. The molecule has 0 saturated carbocycles. The SMILES string of the molecule is C=CCN(CCO)CC(N)CCOC. The number of nitrogens with zero attached hydrogens (tertiary/aromatic N) is 1. The van der Waals surface area contributed by atoms with Crippen LogP contribution in [0.3, 0.4) is 0 Å². The third kappa shape index (κ3) is 7.03. The molecule has 0 saturated heterocycles. The molecule has 0 aromatic carbocycles. The minimum atomic E-state index is 0.0986. The highest BCUT2D eigenvalue weighted by atomic mass is 16.5. The molecule has 0 amide bonds. The highest BCUT2D eigenvalue weighted by Gasteiger charge is 2.08. The van der Waals surface area contributed by atoms with Crippen molar-refractivity contribution < 1.29 is 9.84 Å². The van der Waals surface area contributed by atoms with Crippen LogP contribution in [0.2, 0.25) is 0 Å². The lowest BCUT2D eigenvalue weighted by Crippen LogP contribution is -2.39. The van der Waals surface area contributed by atoms with Crippen molar-refractivity contribution in [3.63, 3.8) is 0 Å². The molecule has 0 spiro atoms. The van der Waals surface area contributed by atoms with Gasteiger partial charge in [0.05, 0.1) is 6.61 Å². The zero-order chi connectivity index (χ0) is 10.8. The van der Waals surface area contributed by atoms with Crippen molar-refractivity contribution in [1.82, 2.24) is 4.90 Å². The maximum absolute atomic E-state index is 8.81. The number of ether oxygens (including phenoxy) is 1. The highest BCUT2D eigenvalue weighted by molar-refractivity contribution is 4.76. The van der Waals surface area contributed by atoms with Crippen LogP contribution in [0.1, 0.15) is 6.42 Å². The van der Waals surface area contributed by atoms with Gasteiger partial charge in [-0.15, -0.1) is 6.58 Å². The number of hydrogen-bond donors (Lipinski definition) is 2. The summed E-state index contributed by atoms with van der Waals surface area (Å²) >= 11 is 0. The molecule has 0 rings (SSSR count). The van der Waals surface area contributed by atoms with Gasteiger partial charge in [0.1, 0.15) is 0 Å². The van der Waals surface area contributed by atoms with Gasteiger partial charge in [-0.1, -0.05) is 6.08 Å². The summed E-state index contributed by atoms with van der Waals surface area (Å²) in [6.07, 6.45) is 2.66. The maximum Gasteiger partial charge on any atom is 0.0558 e. The summed E-state index contributed by atoms with van der Waals surface area (Å²) in [6, 6.07) is 0.0986. The van der Waals surface area contributed by atoms with Gasteiger partial charge in [-0.3, -0.25) is 4.90 Å². The van der Waals surface area contributed by atoms with E-state index in [0.717, 1.165) is 19.5 Å². The fourth-order valence-electron chi connectivity index (χ4n) is 1.27. The lowest BCUT2D eigenvalue weighted by molar-refractivity contribution is 0.167. The molecule has 84 valence electrons. The lowest BCUT2D eigenvalue weighted by atomic mass is 10.2. The monoisotopic (exact) mass is 202 g/mol. The first-order valence-electron chi connectivity index (χ1n) is 4.93. The molecule has 14 heavy (non-hydrogen) atoms. The molecule has 3 N–H and O–H groups in total. The number of methoxy groups -OCH3 is 1. The molecule has 0 aromatic heterocycles. The minimum Gasteiger partial charge on any atom is -0.395 e. The van der Waals surface area contributed by atoms with Gasteiger partial charge in [0.25, 0.3) is 0 Å². The molecule has 4 heteroatoms. The molecular weight excluding hydrogens is 180 g/mol. The fraction of sp³-hybridized carbons (Fsp3) is 0.800. The summed E-state index contributed by atoms with van der Waals surface area (Å²) in [5.41, 5.74) is 5.88. The molecule has 0 radical (unpaired) electrons. The predicted molar refractivity (Wildman–Crippen MR) is 58.2 cm³/mol. The number of rotatable bonds is 9. The van der Waals surface area contributed by atoms with Crippen LogP contribution in [0.5, 0.6) is 0 Å². The first-order valence-corrected chi connectivity index (χ1v) is 4.93. The Bertz CT molecular complexity index is 142. The van der Waals surface area contributed by atoms with E-state index in [-0.39, 0.29) is 12.6 Å². The van der Waals surface area contributed by atoms with E-state index in [4.69, 9.17) is 15.6 Å². The van der Waals surface area contributed by atoms with Gasteiger partial charge in [0, 0.05) is 39.4 Å². The van der Waals surface area contributed by atoms with Crippen molar-refractivity contribution in [2.75, 3.05) is 40.0 Å². The highest BCUT2D eigenvalue weighted by Crippen LogP contribution is 1.95. The van der Waals surface area contributed by atoms with Gasteiger partial charge in [0.15, 0.2) is 0 Å². The Balaban J connectivity index is 3.70. The Labute approximate surface area is 86.3 Å². The third-order valence-corrected chi connectivity index (χ3v) is 1.99. The van der Waals surface area contributed by atoms with Gasteiger partial charge < -0.3 is 15.6 Å². The summed E-state index contributed by atoms with van der Waals surface area (Å²) in [4.78, 5) is 2.08. The van der Waals surface area contributed by atoms with Crippen LogP contribution in [-0.4, -0.2) is 56.0 Å². The van der Waals surface area contributed by atoms with Crippen molar-refractivity contribution in [3.05, 3.63) is 12.7 Å². The molecule has 1 unspecified atom stereocenters. The van der Waals surface area contributed by atoms with E-state index in [9.17, 15) is 0 Å². The average Bonchev–Trinajstić information content (AvgIpc) is 2.15. The number of aliphatic hydroxyl groups excluding tert-OH is 1. The summed E-state index contributed by atoms with van der Waals surface area (Å²) in [6.45, 7) is 6.69. The number of aliphatic hydroxyl groups is 1. The van der Waals surface area contributed by atoms with Crippen LogP contribution < -0.4 is 5.73 Å². The second kappa shape index (κ2) is 9.15. The predicted octanol–water partition coefficient (Wildman–Crippen LogP) is -0.169. The Morgan fingerprint density at radius 1 is 1.64 bits per heavy atom. The van der Waals surface area contributed by atoms with E-state index in [2.05, 4.69) is 11.5 Å². The lowest BCUT2D eigenvalue weighted by Gasteiger charge is -2.23. The molecule has 0 fully saturated rings. The standard InChI is InChI=1S/C10H22N2O2/c1-3-5-12(6-7-13)9-10(11)4-8-14-2/h3,10,13H,1,4-9,11H2,2H3. The van der Waals surface area contributed by atoms with Crippen LogP contribution in [0.15, 0.2) is 12.7 Å². The smallest absolute Gasteiger partial charge is 0.0558 e. The topological polar surface area (TPSA) is 58.7 Å². The fourth-order valence-corrected chi connectivity index (χ4v) is 1.27. The Hall–Kier alpha value is -0.420. The molecule has 4 nitrogen and oxygen atoms in total. The van der Waals surface area contributed by atoms with E-state index >= 15 is 0 Å². The normalized spacial score (nSPS) is 13.1. The summed E-state index contributed by atoms with van der Waals surface area (Å²) in [7, 11) is 1.67. The molecule has 0 aliphatic heterocycles. The van der Waals surface area contributed by atoms with Crippen LogP contribution in [0.4, 0.5) is 0 Å². The molecule has 0 aromatic rings. The summed E-state index contributed by atoms with van der Waals surface area (Å²) < 4.78 is 4.95. The van der Waals surface area contributed by atoms with Crippen molar-refractivity contribution in [3.8, 4) is 0 Å². The summed E-state index contributed by atoms with van der Waals surface area (Å²) in [5.74, 6) is 0. The quantitative estimate of drug-likeness (QED) is 0.510. The second-order valence-electron chi connectivity index (χ2n) is 3.31. The zero-order valence-corrected chi connectivity index (χ0v) is 8.98. The Morgan fingerprint density at radius 3 is 2.86 bits per heavy atom. The first kappa shape index (κ1) is 13.6. The third-order valence-electron chi connectivity index (χ3n) is 1.99. The zero-order valence-electron chi connectivity index (χ0n) is 8.98. The van der Waals surface area contributed by atoms with Gasteiger partial charge in [0.2, 0.25) is 0 Å². The largest absolute Gasteiger partial charge is 0.395 e. The van der Waals surface area contributed by atoms with Gasteiger partial charge >= 0.3 is 0 Å². The van der Waals surface area contributed by atoms with Crippen molar-refractivity contribution in [1.29, 1.82) is 0 Å². The number of hydrogen-bond acceptors (Lipinski definition) is 4. The van der Waals surface area contributed by atoms with Crippen molar-refractivity contribution >= 4 is 0 Å². The maximum atomic E-state index is 8.81. The molecule has 0 aliphatic carbocycles.